The largest absolute Gasteiger partial charge is 0.460 e. The van der Waals surface area contributed by atoms with Gasteiger partial charge >= 0.3 is 17.8 Å². The molecule has 2 aromatic rings. The summed E-state index contributed by atoms with van der Waals surface area (Å²) in [6, 6.07) is 6.85. The number of hydrogen-bond donors (Lipinski definition) is 0. The molecule has 1 aromatic carbocycles. The van der Waals surface area contributed by atoms with Crippen LogP contribution in [-0.4, -0.2) is 45.8 Å². The number of rotatable bonds is 5. The van der Waals surface area contributed by atoms with E-state index in [1.807, 2.05) is 20.8 Å². The number of amides is 1. The van der Waals surface area contributed by atoms with Gasteiger partial charge in [-0.2, -0.15) is 0 Å². The maximum absolute atomic E-state index is 12.4. The van der Waals surface area contributed by atoms with Gasteiger partial charge in [-0.25, -0.2) is 9.59 Å². The lowest BCUT2D eigenvalue weighted by molar-refractivity contribution is -0.151. The Morgan fingerprint density at radius 2 is 2.00 bits per heavy atom. The second-order valence-electron chi connectivity index (χ2n) is 8.32. The molecule has 1 aliphatic rings. The molecule has 8 nitrogen and oxygen atoms in total. The lowest BCUT2D eigenvalue weighted by atomic mass is 10.1. The lowest BCUT2D eigenvalue weighted by Crippen LogP contribution is -2.45. The molecule has 1 aliphatic heterocycles. The van der Waals surface area contributed by atoms with Crippen LogP contribution < -0.4 is 5.76 Å². The molecule has 8 heteroatoms. The number of hydrogen-bond acceptors (Lipinski definition) is 6. The van der Waals surface area contributed by atoms with Crippen molar-refractivity contribution in [3.63, 3.8) is 0 Å². The summed E-state index contributed by atoms with van der Waals surface area (Å²) in [6.07, 6.45) is 0.768. The van der Waals surface area contributed by atoms with Gasteiger partial charge in [-0.05, 0) is 52.7 Å². The van der Waals surface area contributed by atoms with Crippen LogP contribution in [0, 0.1) is 0 Å². The van der Waals surface area contributed by atoms with Crippen molar-refractivity contribution in [3.05, 3.63) is 34.8 Å². The molecular formula is C21H28N2O6. The minimum absolute atomic E-state index is 0.0347. The van der Waals surface area contributed by atoms with Gasteiger partial charge in [-0.3, -0.25) is 9.36 Å². The van der Waals surface area contributed by atoms with Gasteiger partial charge in [-0.1, -0.05) is 12.1 Å². The maximum atomic E-state index is 12.4. The zero-order valence-corrected chi connectivity index (χ0v) is 17.3. The van der Waals surface area contributed by atoms with E-state index in [-0.39, 0.29) is 25.1 Å². The second-order valence-corrected chi connectivity index (χ2v) is 8.32. The summed E-state index contributed by atoms with van der Waals surface area (Å²) in [7, 11) is 0. The molecule has 2 heterocycles. The van der Waals surface area contributed by atoms with Gasteiger partial charge in [0.25, 0.3) is 0 Å². The minimum atomic E-state index is -0.579. The van der Waals surface area contributed by atoms with Crippen LogP contribution in [0.15, 0.2) is 33.5 Å². The number of nitrogens with zero attached hydrogens (tertiary/aromatic N) is 2. The summed E-state index contributed by atoms with van der Waals surface area (Å²) in [5.74, 6) is -0.926. The van der Waals surface area contributed by atoms with E-state index >= 15 is 0 Å². The van der Waals surface area contributed by atoms with Crippen LogP contribution in [0.25, 0.3) is 11.1 Å². The van der Waals surface area contributed by atoms with Crippen LogP contribution in [0.4, 0.5) is 4.79 Å². The lowest BCUT2D eigenvalue weighted by Gasteiger charge is -2.31. The van der Waals surface area contributed by atoms with Crippen molar-refractivity contribution < 1.29 is 23.5 Å². The Labute approximate surface area is 169 Å². The number of aromatic nitrogens is 1. The fourth-order valence-electron chi connectivity index (χ4n) is 3.60. The smallest absolute Gasteiger partial charge is 0.419 e. The van der Waals surface area contributed by atoms with E-state index in [9.17, 15) is 14.4 Å². The number of aryl methyl sites for hydroxylation is 1. The summed E-state index contributed by atoms with van der Waals surface area (Å²) in [5.41, 5.74) is 0.550. The van der Waals surface area contributed by atoms with Gasteiger partial charge in [0.05, 0.1) is 18.0 Å². The molecule has 0 radical (unpaired) electrons. The monoisotopic (exact) mass is 404 g/mol. The van der Waals surface area contributed by atoms with E-state index in [1.54, 1.807) is 36.1 Å². The fraction of sp³-hybridized carbons (Fsp3) is 0.571. The number of carbonyl (C=O) groups excluding carboxylic acids is 2. The molecule has 1 amide bonds. The van der Waals surface area contributed by atoms with Gasteiger partial charge in [0.2, 0.25) is 0 Å². The highest BCUT2D eigenvalue weighted by molar-refractivity contribution is 5.73. The number of likely N-dealkylation sites (tertiary alicyclic amines) is 1. The third-order valence-electron chi connectivity index (χ3n) is 4.90. The third kappa shape index (κ3) is 4.99. The molecular weight excluding hydrogens is 376 g/mol. The van der Waals surface area contributed by atoms with Crippen molar-refractivity contribution >= 4 is 23.2 Å². The Kier molecular flexibility index (Phi) is 6.00. The third-order valence-corrected chi connectivity index (χ3v) is 4.90. The van der Waals surface area contributed by atoms with E-state index < -0.39 is 23.4 Å². The van der Waals surface area contributed by atoms with Crippen LogP contribution in [0.2, 0.25) is 0 Å². The van der Waals surface area contributed by atoms with Gasteiger partial charge in [0, 0.05) is 13.1 Å². The molecule has 0 unspecified atom stereocenters. The molecule has 0 spiro atoms. The first kappa shape index (κ1) is 21.0. The van der Waals surface area contributed by atoms with E-state index in [0.29, 0.717) is 17.6 Å². The zero-order chi connectivity index (χ0) is 21.2. The molecule has 1 aromatic heterocycles. The number of carbonyl (C=O) groups is 2. The Hall–Kier alpha value is -2.77. The van der Waals surface area contributed by atoms with Crippen LogP contribution in [-0.2, 0) is 20.8 Å². The van der Waals surface area contributed by atoms with E-state index in [0.717, 1.165) is 12.8 Å². The van der Waals surface area contributed by atoms with Crippen LogP contribution in [0.3, 0.4) is 0 Å². The average Bonchev–Trinajstić information content (AvgIpc) is 3.22. The fourth-order valence-corrected chi connectivity index (χ4v) is 3.60. The van der Waals surface area contributed by atoms with Gasteiger partial charge < -0.3 is 18.8 Å². The molecule has 1 fully saturated rings. The zero-order valence-electron chi connectivity index (χ0n) is 17.3. The Balaban J connectivity index is 1.58. The maximum Gasteiger partial charge on any atom is 0.419 e. The highest BCUT2D eigenvalue weighted by atomic mass is 16.6. The summed E-state index contributed by atoms with van der Waals surface area (Å²) in [6.45, 7) is 7.99. The van der Waals surface area contributed by atoms with Gasteiger partial charge in [0.1, 0.15) is 11.7 Å². The van der Waals surface area contributed by atoms with Gasteiger partial charge in [0.15, 0.2) is 5.58 Å². The van der Waals surface area contributed by atoms with Gasteiger partial charge in [-0.15, -0.1) is 0 Å². The van der Waals surface area contributed by atoms with Crippen molar-refractivity contribution in [1.82, 2.24) is 9.47 Å². The quantitative estimate of drug-likeness (QED) is 0.710. The predicted molar refractivity (Wildman–Crippen MR) is 107 cm³/mol. The number of benzene rings is 1. The highest BCUT2D eigenvalue weighted by Crippen LogP contribution is 2.25. The van der Waals surface area contributed by atoms with Crippen molar-refractivity contribution in [3.8, 4) is 0 Å². The molecule has 0 saturated carbocycles. The number of fused-ring (bicyclic) bond motifs is 1. The molecule has 1 saturated heterocycles. The van der Waals surface area contributed by atoms with Crippen LogP contribution in [0.1, 0.15) is 47.0 Å². The number of para-hydroxylation sites is 2. The number of oxazole rings is 1. The topological polar surface area (TPSA) is 91.0 Å². The summed E-state index contributed by atoms with van der Waals surface area (Å²) < 4.78 is 17.6. The summed E-state index contributed by atoms with van der Waals surface area (Å²) in [5, 5.41) is 0. The number of ether oxygens (including phenoxy) is 2. The number of esters is 1. The van der Waals surface area contributed by atoms with Crippen molar-refractivity contribution in [2.24, 2.45) is 0 Å². The SMILES string of the molecule is C[C@@H](OC(=O)CCn1c(=O)oc2ccccc21)[C@@H]1CCCN1C(=O)OC(C)(C)C. The minimum Gasteiger partial charge on any atom is -0.460 e. The van der Waals surface area contributed by atoms with Crippen LogP contribution in [0.5, 0.6) is 0 Å². The van der Waals surface area contributed by atoms with Crippen molar-refractivity contribution in [2.75, 3.05) is 6.54 Å². The van der Waals surface area contributed by atoms with Crippen molar-refractivity contribution in [1.29, 1.82) is 0 Å². The standard InChI is InChI=1S/C21H28N2O6/c1-14(15-9-7-12-22(15)20(26)29-21(2,3)4)27-18(24)11-13-23-16-8-5-6-10-17(16)28-19(23)25/h5-6,8,10,14-15H,7,9,11-13H2,1-4H3/t14-,15+/m1/s1. The first-order chi connectivity index (χ1) is 13.7. The average molecular weight is 404 g/mol. The normalized spacial score (nSPS) is 18.1. The Morgan fingerprint density at radius 3 is 2.72 bits per heavy atom. The predicted octanol–water partition coefficient (Wildman–Crippen LogP) is 3.32. The van der Waals surface area contributed by atoms with Crippen molar-refractivity contribution in [2.45, 2.75) is 71.2 Å². The van der Waals surface area contributed by atoms with Crippen LogP contribution >= 0.6 is 0 Å². The molecule has 0 aliphatic carbocycles. The second kappa shape index (κ2) is 8.31. The molecule has 3 rings (SSSR count). The Bertz CT molecular complexity index is 939. The van der Waals surface area contributed by atoms with E-state index in [4.69, 9.17) is 13.9 Å². The molecule has 0 N–H and O–H groups in total. The Morgan fingerprint density at radius 1 is 1.28 bits per heavy atom. The van der Waals surface area contributed by atoms with E-state index in [1.165, 1.54) is 4.57 Å². The summed E-state index contributed by atoms with van der Waals surface area (Å²) in [4.78, 5) is 38.4. The highest BCUT2D eigenvalue weighted by Gasteiger charge is 2.36. The summed E-state index contributed by atoms with van der Waals surface area (Å²) >= 11 is 0. The molecule has 0 bridgehead atoms. The first-order valence-electron chi connectivity index (χ1n) is 9.93. The molecule has 29 heavy (non-hydrogen) atoms. The van der Waals surface area contributed by atoms with E-state index in [2.05, 4.69) is 0 Å². The molecule has 2 atom stereocenters. The molecule has 158 valence electrons. The first-order valence-corrected chi connectivity index (χ1v) is 9.93.